The van der Waals surface area contributed by atoms with E-state index in [-0.39, 0.29) is 5.76 Å². The van der Waals surface area contributed by atoms with E-state index in [1.165, 1.54) is 4.57 Å². The fourth-order valence-electron chi connectivity index (χ4n) is 2.75. The van der Waals surface area contributed by atoms with Crippen LogP contribution in [0.5, 0.6) is 5.75 Å². The molecule has 3 aromatic rings. The highest BCUT2D eigenvalue weighted by Gasteiger charge is 2.15. The Morgan fingerprint density at radius 1 is 1.24 bits per heavy atom. The summed E-state index contributed by atoms with van der Waals surface area (Å²) in [6.45, 7) is 1.48. The van der Waals surface area contributed by atoms with E-state index in [1.54, 1.807) is 13.1 Å². The molecule has 1 aliphatic rings. The normalized spacial score (nSPS) is 13.6. The zero-order chi connectivity index (χ0) is 14.4. The summed E-state index contributed by atoms with van der Waals surface area (Å²) < 4.78 is 12.4. The lowest BCUT2D eigenvalue weighted by atomic mass is 10.0. The van der Waals surface area contributed by atoms with Gasteiger partial charge in [-0.2, -0.15) is 0 Å². The molecule has 0 atom stereocenters. The molecule has 2 aromatic carbocycles. The van der Waals surface area contributed by atoms with Gasteiger partial charge < -0.3 is 14.5 Å². The molecule has 1 aliphatic heterocycles. The highest BCUT2D eigenvalue weighted by atomic mass is 16.5. The first kappa shape index (κ1) is 12.1. The first-order valence-corrected chi connectivity index (χ1v) is 6.84. The van der Waals surface area contributed by atoms with E-state index in [9.17, 15) is 4.79 Å². The number of oxazole rings is 1. The summed E-state index contributed by atoms with van der Waals surface area (Å²) in [5.41, 5.74) is 4.37. The summed E-state index contributed by atoms with van der Waals surface area (Å²) in [4.78, 5) is 11.7. The Morgan fingerprint density at radius 2 is 2.14 bits per heavy atom. The van der Waals surface area contributed by atoms with Crippen molar-refractivity contribution < 1.29 is 9.15 Å². The summed E-state index contributed by atoms with van der Waals surface area (Å²) in [6.07, 6.45) is 0. The number of nitrogens with one attached hydrogen (secondary N) is 1. The first-order chi connectivity index (χ1) is 10.2. The standard InChI is InChI=1S/C16H14N2O3/c1-18-15-11(3-2-4-14(15)21-16(18)19)10-5-6-13-12(9-10)17-7-8-20-13/h2-6,9,17H,7-8H2,1H3. The summed E-state index contributed by atoms with van der Waals surface area (Å²) in [6, 6.07) is 11.7. The van der Waals surface area contributed by atoms with Crippen molar-refractivity contribution in [1.29, 1.82) is 0 Å². The fraction of sp³-hybridized carbons (Fsp3) is 0.188. The molecule has 0 bridgehead atoms. The smallest absolute Gasteiger partial charge is 0.419 e. The quantitative estimate of drug-likeness (QED) is 0.745. The number of hydrogen-bond donors (Lipinski definition) is 1. The second-order valence-corrected chi connectivity index (χ2v) is 5.07. The molecule has 0 unspecified atom stereocenters. The Hall–Kier alpha value is -2.69. The number of benzene rings is 2. The zero-order valence-corrected chi connectivity index (χ0v) is 11.6. The SMILES string of the molecule is Cn1c(=O)oc2cccc(-c3ccc4c(c3)NCCO4)c21. The Balaban J connectivity index is 1.96. The molecular weight excluding hydrogens is 268 g/mol. The van der Waals surface area contributed by atoms with E-state index in [1.807, 2.05) is 30.3 Å². The van der Waals surface area contributed by atoms with Crippen molar-refractivity contribution in [2.24, 2.45) is 7.05 Å². The van der Waals surface area contributed by atoms with E-state index in [2.05, 4.69) is 5.32 Å². The molecule has 0 saturated carbocycles. The summed E-state index contributed by atoms with van der Waals surface area (Å²) in [5, 5.41) is 3.32. The molecule has 0 fully saturated rings. The lowest BCUT2D eigenvalue weighted by Crippen LogP contribution is -2.17. The van der Waals surface area contributed by atoms with Crippen LogP contribution in [0.3, 0.4) is 0 Å². The topological polar surface area (TPSA) is 56.4 Å². The molecule has 106 valence electrons. The van der Waals surface area contributed by atoms with Gasteiger partial charge in [0.25, 0.3) is 0 Å². The number of hydrogen-bond acceptors (Lipinski definition) is 4. The van der Waals surface area contributed by atoms with Gasteiger partial charge in [-0.15, -0.1) is 0 Å². The minimum absolute atomic E-state index is 0.350. The summed E-state index contributed by atoms with van der Waals surface area (Å²) in [7, 11) is 1.72. The molecule has 0 spiro atoms. The number of para-hydroxylation sites is 1. The van der Waals surface area contributed by atoms with E-state index >= 15 is 0 Å². The summed E-state index contributed by atoms with van der Waals surface area (Å²) in [5.74, 6) is 0.509. The molecule has 5 nitrogen and oxygen atoms in total. The van der Waals surface area contributed by atoms with Crippen LogP contribution in [-0.2, 0) is 7.05 Å². The highest BCUT2D eigenvalue weighted by molar-refractivity contribution is 5.92. The van der Waals surface area contributed by atoms with Crippen molar-refractivity contribution in [3.05, 3.63) is 46.9 Å². The molecule has 2 heterocycles. The Morgan fingerprint density at radius 3 is 3.05 bits per heavy atom. The maximum absolute atomic E-state index is 11.7. The van der Waals surface area contributed by atoms with Crippen LogP contribution in [0.2, 0.25) is 0 Å². The van der Waals surface area contributed by atoms with Crippen molar-refractivity contribution in [3.8, 4) is 16.9 Å². The van der Waals surface area contributed by atoms with Gasteiger partial charge in [0.2, 0.25) is 0 Å². The van der Waals surface area contributed by atoms with Crippen LogP contribution in [0.25, 0.3) is 22.2 Å². The average molecular weight is 282 g/mol. The maximum atomic E-state index is 11.7. The number of fused-ring (bicyclic) bond motifs is 2. The molecular formula is C16H14N2O3. The van der Waals surface area contributed by atoms with Crippen molar-refractivity contribution in [3.63, 3.8) is 0 Å². The number of anilines is 1. The number of rotatable bonds is 1. The highest BCUT2D eigenvalue weighted by Crippen LogP contribution is 2.34. The fourth-order valence-corrected chi connectivity index (χ4v) is 2.75. The van der Waals surface area contributed by atoms with Crippen molar-refractivity contribution in [2.75, 3.05) is 18.5 Å². The van der Waals surface area contributed by atoms with Gasteiger partial charge in [-0.05, 0) is 23.8 Å². The van der Waals surface area contributed by atoms with Crippen LogP contribution in [0.1, 0.15) is 0 Å². The largest absolute Gasteiger partial charge is 0.490 e. The third-order valence-electron chi connectivity index (χ3n) is 3.77. The third kappa shape index (κ3) is 1.81. The van der Waals surface area contributed by atoms with Gasteiger partial charge in [-0.1, -0.05) is 18.2 Å². The first-order valence-electron chi connectivity index (χ1n) is 6.84. The van der Waals surface area contributed by atoms with Crippen LogP contribution >= 0.6 is 0 Å². The van der Waals surface area contributed by atoms with Crippen molar-refractivity contribution in [2.45, 2.75) is 0 Å². The van der Waals surface area contributed by atoms with Crippen LogP contribution in [0, 0.1) is 0 Å². The molecule has 0 aliphatic carbocycles. The van der Waals surface area contributed by atoms with Gasteiger partial charge >= 0.3 is 5.76 Å². The van der Waals surface area contributed by atoms with Gasteiger partial charge in [0, 0.05) is 19.2 Å². The number of aryl methyl sites for hydroxylation is 1. The lowest BCUT2D eigenvalue weighted by molar-refractivity contribution is 0.323. The molecule has 5 heteroatoms. The molecule has 0 saturated heterocycles. The maximum Gasteiger partial charge on any atom is 0.419 e. The van der Waals surface area contributed by atoms with Crippen molar-refractivity contribution in [1.82, 2.24) is 4.57 Å². The van der Waals surface area contributed by atoms with Crippen LogP contribution in [0.4, 0.5) is 5.69 Å². The van der Waals surface area contributed by atoms with E-state index in [0.29, 0.717) is 12.2 Å². The summed E-state index contributed by atoms with van der Waals surface area (Å²) >= 11 is 0. The number of nitrogens with zero attached hydrogens (tertiary/aromatic N) is 1. The third-order valence-corrected chi connectivity index (χ3v) is 3.77. The molecule has 1 N–H and O–H groups in total. The second-order valence-electron chi connectivity index (χ2n) is 5.07. The zero-order valence-electron chi connectivity index (χ0n) is 11.6. The number of ether oxygens (including phenoxy) is 1. The van der Waals surface area contributed by atoms with Crippen LogP contribution in [-0.4, -0.2) is 17.7 Å². The molecule has 0 amide bonds. The second kappa shape index (κ2) is 4.41. The van der Waals surface area contributed by atoms with Gasteiger partial charge in [0.1, 0.15) is 12.4 Å². The Labute approximate surface area is 120 Å². The van der Waals surface area contributed by atoms with E-state index in [4.69, 9.17) is 9.15 Å². The lowest BCUT2D eigenvalue weighted by Gasteiger charge is -2.19. The van der Waals surface area contributed by atoms with Crippen LogP contribution in [0.15, 0.2) is 45.6 Å². The van der Waals surface area contributed by atoms with E-state index in [0.717, 1.165) is 34.6 Å². The Bertz CT molecular complexity index is 892. The predicted molar refractivity (Wildman–Crippen MR) is 80.9 cm³/mol. The molecule has 0 radical (unpaired) electrons. The monoisotopic (exact) mass is 282 g/mol. The average Bonchev–Trinajstić information content (AvgIpc) is 2.82. The van der Waals surface area contributed by atoms with Gasteiger partial charge in [-0.3, -0.25) is 4.57 Å². The molecule has 21 heavy (non-hydrogen) atoms. The molecule has 1 aromatic heterocycles. The Kier molecular flexibility index (Phi) is 2.54. The van der Waals surface area contributed by atoms with Gasteiger partial charge in [0.15, 0.2) is 5.58 Å². The van der Waals surface area contributed by atoms with Gasteiger partial charge in [0.05, 0.1) is 11.2 Å². The van der Waals surface area contributed by atoms with Gasteiger partial charge in [-0.25, -0.2) is 4.79 Å². The molecule has 4 rings (SSSR count). The minimum Gasteiger partial charge on any atom is -0.490 e. The van der Waals surface area contributed by atoms with Crippen LogP contribution < -0.4 is 15.8 Å². The minimum atomic E-state index is -0.350. The van der Waals surface area contributed by atoms with Crippen molar-refractivity contribution >= 4 is 16.8 Å². The van der Waals surface area contributed by atoms with E-state index < -0.39 is 0 Å². The number of aromatic nitrogens is 1. The predicted octanol–water partition coefficient (Wildman–Crippen LogP) is 2.60.